The van der Waals surface area contributed by atoms with Crippen LogP contribution in [0.3, 0.4) is 0 Å². The summed E-state index contributed by atoms with van der Waals surface area (Å²) in [7, 11) is 0. The highest BCUT2D eigenvalue weighted by atomic mass is 35.5. The number of nitrogens with zero attached hydrogens (tertiary/aromatic N) is 5. The number of aryl methyl sites for hydroxylation is 1. The van der Waals surface area contributed by atoms with Crippen molar-refractivity contribution in [3.63, 3.8) is 0 Å². The molecule has 5 rings (SSSR count). The highest BCUT2D eigenvalue weighted by Crippen LogP contribution is 2.33. The molecule has 0 spiro atoms. The number of aromatic nitrogens is 5. The number of halogens is 2. The van der Waals surface area contributed by atoms with Crippen molar-refractivity contribution in [1.29, 1.82) is 0 Å². The molecule has 1 aromatic carbocycles. The Morgan fingerprint density at radius 1 is 1.03 bits per heavy atom. The van der Waals surface area contributed by atoms with Crippen LogP contribution >= 0.6 is 11.6 Å². The first-order chi connectivity index (χ1) is 15.6. The van der Waals surface area contributed by atoms with E-state index in [0.717, 1.165) is 58.4 Å². The van der Waals surface area contributed by atoms with Crippen LogP contribution in [0.2, 0.25) is 5.02 Å². The molecule has 1 aliphatic heterocycles. The number of nitrogens with one attached hydrogen (secondary N) is 1. The largest absolute Gasteiger partial charge is 0.340 e. The van der Waals surface area contributed by atoms with E-state index in [1.807, 2.05) is 57.6 Å². The Morgan fingerprint density at radius 3 is 2.56 bits per heavy atom. The molecule has 1 aliphatic rings. The third kappa shape index (κ3) is 5.00. The van der Waals surface area contributed by atoms with Gasteiger partial charge < -0.3 is 4.98 Å². The Bertz CT molecular complexity index is 1180. The average Bonchev–Trinajstić information content (AvgIpc) is 3.39. The van der Waals surface area contributed by atoms with Gasteiger partial charge in [0.15, 0.2) is 5.65 Å². The van der Waals surface area contributed by atoms with Crippen molar-refractivity contribution in [2.45, 2.75) is 54.3 Å². The van der Waals surface area contributed by atoms with Crippen LogP contribution in [-0.2, 0) is 19.6 Å². The molecule has 0 bridgehead atoms. The zero-order valence-corrected chi connectivity index (χ0v) is 20.0. The lowest BCUT2D eigenvalue weighted by atomic mass is 10.0. The molecule has 4 aromatic rings. The first kappa shape index (κ1) is 23.9. The van der Waals surface area contributed by atoms with Crippen molar-refractivity contribution < 1.29 is 4.39 Å². The predicted molar refractivity (Wildman–Crippen MR) is 128 cm³/mol. The Hall–Kier alpha value is -2.77. The predicted octanol–water partition coefficient (Wildman–Crippen LogP) is 5.99. The molecule has 6 nitrogen and oxygen atoms in total. The average molecular weight is 457 g/mol. The van der Waals surface area contributed by atoms with Crippen molar-refractivity contribution >= 4 is 22.8 Å². The summed E-state index contributed by atoms with van der Waals surface area (Å²) in [6.07, 6.45) is 1.89. The van der Waals surface area contributed by atoms with Crippen LogP contribution < -0.4 is 0 Å². The standard InChI is InChI=1S/C20H18ClFN6.2C2H6/c1-12-2-3-13(15(21)8-12)14-9-23-28-7-6-27(10-17(14)28)11-19-24-16-4-5-18(22)25-20(16)26-19;2*1-2/h2-5,8-9H,6-7,10-11H2,1H3,(H,24,25,26);2*1-2H3. The van der Waals surface area contributed by atoms with Gasteiger partial charge in [0.1, 0.15) is 5.82 Å². The number of aromatic amines is 1. The SMILES string of the molecule is CC.CC.Cc1ccc(-c2cnn3c2CN(Cc2nc4nc(F)ccc4[nH]2)CC3)c(Cl)c1. The number of benzene rings is 1. The van der Waals surface area contributed by atoms with E-state index in [4.69, 9.17) is 11.6 Å². The second-order valence-corrected chi connectivity index (χ2v) is 7.52. The summed E-state index contributed by atoms with van der Waals surface area (Å²) in [5.74, 6) is 0.253. The molecule has 0 saturated heterocycles. The number of fused-ring (bicyclic) bond motifs is 2. The number of rotatable bonds is 3. The van der Waals surface area contributed by atoms with Crippen molar-refractivity contribution in [3.05, 3.63) is 64.6 Å². The van der Waals surface area contributed by atoms with Crippen molar-refractivity contribution in [2.75, 3.05) is 6.54 Å². The lowest BCUT2D eigenvalue weighted by molar-refractivity contribution is 0.201. The first-order valence-corrected chi connectivity index (χ1v) is 11.5. The van der Waals surface area contributed by atoms with Crippen molar-refractivity contribution in [2.24, 2.45) is 0 Å². The molecule has 1 N–H and O–H groups in total. The molecule has 0 amide bonds. The van der Waals surface area contributed by atoms with Crippen LogP contribution in [0.15, 0.2) is 36.5 Å². The second-order valence-electron chi connectivity index (χ2n) is 7.11. The summed E-state index contributed by atoms with van der Waals surface area (Å²) in [5.41, 5.74) is 5.47. The first-order valence-electron chi connectivity index (χ1n) is 11.1. The molecule has 3 aromatic heterocycles. The molecule has 0 fully saturated rings. The monoisotopic (exact) mass is 456 g/mol. The smallest absolute Gasteiger partial charge is 0.215 e. The second kappa shape index (κ2) is 10.7. The summed E-state index contributed by atoms with van der Waals surface area (Å²) < 4.78 is 15.3. The van der Waals surface area contributed by atoms with Crippen molar-refractivity contribution in [3.8, 4) is 11.1 Å². The number of H-pyrrole nitrogens is 1. The van der Waals surface area contributed by atoms with Crippen LogP contribution in [0.1, 0.15) is 44.8 Å². The lowest BCUT2D eigenvalue weighted by Crippen LogP contribution is -2.34. The van der Waals surface area contributed by atoms with E-state index < -0.39 is 5.95 Å². The van der Waals surface area contributed by atoms with Gasteiger partial charge in [0.05, 0.1) is 30.5 Å². The van der Waals surface area contributed by atoms with Gasteiger partial charge in [0.25, 0.3) is 0 Å². The summed E-state index contributed by atoms with van der Waals surface area (Å²) in [4.78, 5) is 13.8. The van der Waals surface area contributed by atoms with Gasteiger partial charge >= 0.3 is 0 Å². The fraction of sp³-hybridized carbons (Fsp3) is 0.375. The molecule has 32 heavy (non-hydrogen) atoms. The minimum atomic E-state index is -0.521. The zero-order valence-electron chi connectivity index (χ0n) is 19.3. The van der Waals surface area contributed by atoms with Gasteiger partial charge in [-0.2, -0.15) is 14.5 Å². The summed E-state index contributed by atoms with van der Waals surface area (Å²) in [5, 5.41) is 5.27. The summed E-state index contributed by atoms with van der Waals surface area (Å²) in [6, 6.07) is 9.08. The normalized spacial score (nSPS) is 13.1. The molecular weight excluding hydrogens is 427 g/mol. The van der Waals surface area contributed by atoms with E-state index in [-0.39, 0.29) is 0 Å². The molecule has 0 unspecified atom stereocenters. The summed E-state index contributed by atoms with van der Waals surface area (Å²) >= 11 is 6.48. The molecule has 0 atom stereocenters. The van der Waals surface area contributed by atoms with E-state index >= 15 is 0 Å². The summed E-state index contributed by atoms with van der Waals surface area (Å²) in [6.45, 7) is 13.0. The van der Waals surface area contributed by atoms with Crippen LogP contribution in [0.25, 0.3) is 22.3 Å². The molecule has 170 valence electrons. The van der Waals surface area contributed by atoms with Gasteiger partial charge in [-0.25, -0.2) is 4.98 Å². The molecular formula is C24H30ClFN6. The third-order valence-corrected chi connectivity index (χ3v) is 5.41. The molecule has 0 aliphatic carbocycles. The van der Waals surface area contributed by atoms with Crippen LogP contribution in [0, 0.1) is 12.9 Å². The van der Waals surface area contributed by atoms with E-state index in [1.165, 1.54) is 6.07 Å². The molecule has 4 heterocycles. The van der Waals surface area contributed by atoms with Crippen LogP contribution in [-0.4, -0.2) is 36.2 Å². The molecule has 0 radical (unpaired) electrons. The Labute approximate surface area is 193 Å². The fourth-order valence-corrected chi connectivity index (χ4v) is 4.04. The maximum atomic E-state index is 13.3. The molecule has 8 heteroatoms. The maximum Gasteiger partial charge on any atom is 0.215 e. The van der Waals surface area contributed by atoms with Gasteiger partial charge in [-0.15, -0.1) is 0 Å². The lowest BCUT2D eigenvalue weighted by Gasteiger charge is -2.27. The minimum Gasteiger partial charge on any atom is -0.340 e. The third-order valence-electron chi connectivity index (χ3n) is 5.10. The Kier molecular flexibility index (Phi) is 7.99. The van der Waals surface area contributed by atoms with Gasteiger partial charge in [0.2, 0.25) is 5.95 Å². The number of hydrogen-bond donors (Lipinski definition) is 1. The van der Waals surface area contributed by atoms with Gasteiger partial charge in [-0.1, -0.05) is 51.4 Å². The fourth-order valence-electron chi connectivity index (χ4n) is 3.70. The van der Waals surface area contributed by atoms with Crippen molar-refractivity contribution in [1.82, 2.24) is 29.6 Å². The van der Waals surface area contributed by atoms with E-state index in [0.29, 0.717) is 12.2 Å². The van der Waals surface area contributed by atoms with E-state index in [2.05, 4.69) is 31.0 Å². The van der Waals surface area contributed by atoms with E-state index in [1.54, 1.807) is 6.07 Å². The van der Waals surface area contributed by atoms with E-state index in [9.17, 15) is 4.39 Å². The van der Waals surface area contributed by atoms with Crippen LogP contribution in [0.4, 0.5) is 4.39 Å². The highest BCUT2D eigenvalue weighted by Gasteiger charge is 2.23. The number of imidazole rings is 1. The quantitative estimate of drug-likeness (QED) is 0.384. The minimum absolute atomic E-state index is 0.407. The highest BCUT2D eigenvalue weighted by molar-refractivity contribution is 6.33. The maximum absolute atomic E-state index is 13.3. The van der Waals surface area contributed by atoms with Gasteiger partial charge in [0, 0.05) is 29.2 Å². The van der Waals surface area contributed by atoms with Crippen LogP contribution in [0.5, 0.6) is 0 Å². The topological polar surface area (TPSA) is 62.6 Å². The Morgan fingerprint density at radius 2 is 1.81 bits per heavy atom. The number of hydrogen-bond acceptors (Lipinski definition) is 4. The zero-order chi connectivity index (χ0) is 23.3. The van der Waals surface area contributed by atoms with Gasteiger partial charge in [-0.3, -0.25) is 9.58 Å². The number of pyridine rings is 1. The van der Waals surface area contributed by atoms with Gasteiger partial charge in [-0.05, 0) is 30.7 Å². The Balaban J connectivity index is 0.000000686. The molecule has 0 saturated carbocycles.